The molecule has 2 rings (SSSR count). The first-order valence-electron chi connectivity index (χ1n) is 7.43. The molecule has 0 bridgehead atoms. The van der Waals surface area contributed by atoms with Gasteiger partial charge in [-0.3, -0.25) is 4.90 Å². The Morgan fingerprint density at radius 2 is 2.00 bits per heavy atom. The molecule has 0 unspecified atom stereocenters. The molecule has 1 aromatic rings. The molecule has 1 heterocycles. The molecule has 0 radical (unpaired) electrons. The minimum absolute atomic E-state index is 0.160. The number of nitrogens with zero attached hydrogens (tertiary/aromatic N) is 1. The van der Waals surface area contributed by atoms with Gasteiger partial charge in [-0.05, 0) is 31.5 Å². The monoisotopic (exact) mass is 330 g/mol. The summed E-state index contributed by atoms with van der Waals surface area (Å²) in [6.07, 6.45) is 0.320. The van der Waals surface area contributed by atoms with Crippen molar-refractivity contribution in [1.82, 2.24) is 9.62 Å². The van der Waals surface area contributed by atoms with Crippen LogP contribution in [-0.4, -0.2) is 51.7 Å². The fourth-order valence-corrected chi connectivity index (χ4v) is 3.85. The Morgan fingerprint density at radius 3 is 2.64 bits per heavy atom. The SMILES string of the molecule is C[C@@H]1CN(CCNS(=O)(=O)Cc2cccc(F)c2)C[C@H](C)O1. The lowest BCUT2D eigenvalue weighted by molar-refractivity contribution is -0.0671. The largest absolute Gasteiger partial charge is 0.373 e. The molecule has 22 heavy (non-hydrogen) atoms. The maximum Gasteiger partial charge on any atom is 0.215 e. The normalized spacial score (nSPS) is 23.6. The van der Waals surface area contributed by atoms with Crippen molar-refractivity contribution >= 4 is 10.0 Å². The highest BCUT2D eigenvalue weighted by Gasteiger charge is 2.22. The third-order valence-electron chi connectivity index (χ3n) is 3.49. The third kappa shape index (κ3) is 5.64. The predicted octanol–water partition coefficient (Wildman–Crippen LogP) is 1.35. The second kappa shape index (κ2) is 7.50. The van der Waals surface area contributed by atoms with Crippen LogP contribution in [0.1, 0.15) is 19.4 Å². The first kappa shape index (κ1) is 17.3. The van der Waals surface area contributed by atoms with E-state index in [1.54, 1.807) is 6.07 Å². The molecule has 1 fully saturated rings. The lowest BCUT2D eigenvalue weighted by atomic mass is 10.2. The van der Waals surface area contributed by atoms with E-state index in [0.29, 0.717) is 18.7 Å². The van der Waals surface area contributed by atoms with Gasteiger partial charge < -0.3 is 4.74 Å². The standard InChI is InChI=1S/C15H23FN2O3S/c1-12-9-18(10-13(2)21-12)7-6-17-22(19,20)11-14-4-3-5-15(16)8-14/h3-5,8,12-13,17H,6-7,9-11H2,1-2H3/t12-,13+. The van der Waals surface area contributed by atoms with Crippen molar-refractivity contribution in [2.24, 2.45) is 0 Å². The van der Waals surface area contributed by atoms with Crippen molar-refractivity contribution in [3.8, 4) is 0 Å². The smallest absolute Gasteiger partial charge is 0.215 e. The summed E-state index contributed by atoms with van der Waals surface area (Å²) in [5, 5.41) is 0. The maximum atomic E-state index is 13.1. The first-order valence-corrected chi connectivity index (χ1v) is 9.09. The van der Waals surface area contributed by atoms with Gasteiger partial charge in [0.1, 0.15) is 5.82 Å². The molecule has 1 saturated heterocycles. The van der Waals surface area contributed by atoms with Crippen LogP contribution < -0.4 is 4.72 Å². The van der Waals surface area contributed by atoms with Crippen molar-refractivity contribution in [2.45, 2.75) is 31.8 Å². The zero-order valence-electron chi connectivity index (χ0n) is 13.0. The van der Waals surface area contributed by atoms with E-state index < -0.39 is 15.8 Å². The van der Waals surface area contributed by atoms with Crippen LogP contribution in [0.25, 0.3) is 0 Å². The van der Waals surface area contributed by atoms with Gasteiger partial charge in [-0.1, -0.05) is 12.1 Å². The summed E-state index contributed by atoms with van der Waals surface area (Å²) >= 11 is 0. The molecule has 0 aliphatic carbocycles. The van der Waals surface area contributed by atoms with E-state index in [1.807, 2.05) is 13.8 Å². The molecule has 0 aromatic heterocycles. The van der Waals surface area contributed by atoms with E-state index in [-0.39, 0.29) is 18.0 Å². The predicted molar refractivity (Wildman–Crippen MR) is 83.5 cm³/mol. The number of hydrogen-bond donors (Lipinski definition) is 1. The van der Waals surface area contributed by atoms with Crippen molar-refractivity contribution in [2.75, 3.05) is 26.2 Å². The molecule has 1 aliphatic rings. The van der Waals surface area contributed by atoms with Crippen LogP contribution >= 0.6 is 0 Å². The molecule has 5 nitrogen and oxygen atoms in total. The Labute approximate surface area is 131 Å². The summed E-state index contributed by atoms with van der Waals surface area (Å²) in [5.74, 6) is -0.635. The molecule has 0 spiro atoms. The Bertz CT molecular complexity index is 584. The van der Waals surface area contributed by atoms with Crippen LogP contribution in [0.5, 0.6) is 0 Å². The zero-order valence-corrected chi connectivity index (χ0v) is 13.8. The van der Waals surface area contributed by atoms with E-state index in [0.717, 1.165) is 13.1 Å². The highest BCUT2D eigenvalue weighted by molar-refractivity contribution is 7.88. The van der Waals surface area contributed by atoms with Gasteiger partial charge in [0.15, 0.2) is 0 Å². The lowest BCUT2D eigenvalue weighted by Crippen LogP contribution is -2.47. The van der Waals surface area contributed by atoms with E-state index in [9.17, 15) is 12.8 Å². The summed E-state index contributed by atoms with van der Waals surface area (Å²) in [4.78, 5) is 2.18. The molecular formula is C15H23FN2O3S. The Morgan fingerprint density at radius 1 is 1.32 bits per heavy atom. The average Bonchev–Trinajstić information content (AvgIpc) is 2.36. The summed E-state index contributed by atoms with van der Waals surface area (Å²) < 4.78 is 45.3. The Kier molecular flexibility index (Phi) is 5.91. The quantitative estimate of drug-likeness (QED) is 0.855. The minimum atomic E-state index is -3.45. The van der Waals surface area contributed by atoms with Crippen LogP contribution in [0.4, 0.5) is 4.39 Å². The van der Waals surface area contributed by atoms with Crippen LogP contribution in [0.3, 0.4) is 0 Å². The van der Waals surface area contributed by atoms with Gasteiger partial charge in [-0.25, -0.2) is 17.5 Å². The number of rotatable bonds is 6. The lowest BCUT2D eigenvalue weighted by Gasteiger charge is -2.35. The van der Waals surface area contributed by atoms with E-state index in [4.69, 9.17) is 4.74 Å². The van der Waals surface area contributed by atoms with Crippen LogP contribution in [0.2, 0.25) is 0 Å². The van der Waals surface area contributed by atoms with Gasteiger partial charge in [0, 0.05) is 26.2 Å². The second-order valence-electron chi connectivity index (χ2n) is 5.80. The Hall–Kier alpha value is -1.02. The minimum Gasteiger partial charge on any atom is -0.373 e. The van der Waals surface area contributed by atoms with Gasteiger partial charge in [0.2, 0.25) is 10.0 Å². The molecule has 0 saturated carbocycles. The average molecular weight is 330 g/mol. The molecule has 0 amide bonds. The zero-order chi connectivity index (χ0) is 16.2. The number of hydrogen-bond acceptors (Lipinski definition) is 4. The van der Waals surface area contributed by atoms with Crippen LogP contribution in [-0.2, 0) is 20.5 Å². The highest BCUT2D eigenvalue weighted by Crippen LogP contribution is 2.10. The molecule has 2 atom stereocenters. The summed E-state index contributed by atoms with van der Waals surface area (Å²) in [6.45, 7) is 6.61. The summed E-state index contributed by atoms with van der Waals surface area (Å²) in [6, 6.07) is 5.65. The molecule has 1 aliphatic heterocycles. The molecule has 7 heteroatoms. The van der Waals surface area contributed by atoms with Gasteiger partial charge >= 0.3 is 0 Å². The summed E-state index contributed by atoms with van der Waals surface area (Å²) in [7, 11) is -3.45. The van der Waals surface area contributed by atoms with Crippen molar-refractivity contribution in [3.05, 3.63) is 35.6 Å². The Balaban J connectivity index is 1.80. The third-order valence-corrected chi connectivity index (χ3v) is 4.85. The van der Waals surface area contributed by atoms with Crippen molar-refractivity contribution in [3.63, 3.8) is 0 Å². The molecule has 1 aromatic carbocycles. The summed E-state index contributed by atoms with van der Waals surface area (Å²) in [5.41, 5.74) is 0.445. The molecule has 1 N–H and O–H groups in total. The number of sulfonamides is 1. The van der Waals surface area contributed by atoms with Gasteiger partial charge in [-0.15, -0.1) is 0 Å². The number of nitrogens with one attached hydrogen (secondary N) is 1. The van der Waals surface area contributed by atoms with E-state index in [2.05, 4.69) is 9.62 Å². The first-order chi connectivity index (χ1) is 10.3. The second-order valence-corrected chi connectivity index (χ2v) is 7.61. The topological polar surface area (TPSA) is 58.6 Å². The number of benzene rings is 1. The fourth-order valence-electron chi connectivity index (χ4n) is 2.72. The number of ether oxygens (including phenoxy) is 1. The maximum absolute atomic E-state index is 13.1. The van der Waals surface area contributed by atoms with E-state index in [1.165, 1.54) is 18.2 Å². The van der Waals surface area contributed by atoms with Crippen molar-refractivity contribution in [1.29, 1.82) is 0 Å². The van der Waals surface area contributed by atoms with Crippen LogP contribution in [0.15, 0.2) is 24.3 Å². The van der Waals surface area contributed by atoms with Crippen molar-refractivity contribution < 1.29 is 17.5 Å². The van der Waals surface area contributed by atoms with E-state index >= 15 is 0 Å². The van der Waals surface area contributed by atoms with Crippen LogP contribution in [0, 0.1) is 5.82 Å². The number of morpholine rings is 1. The van der Waals surface area contributed by atoms with Gasteiger partial charge in [0.25, 0.3) is 0 Å². The highest BCUT2D eigenvalue weighted by atomic mass is 32.2. The molecular weight excluding hydrogens is 307 g/mol. The fraction of sp³-hybridized carbons (Fsp3) is 0.600. The molecule has 124 valence electrons. The number of halogens is 1. The van der Waals surface area contributed by atoms with Gasteiger partial charge in [0.05, 0.1) is 18.0 Å². The van der Waals surface area contributed by atoms with Gasteiger partial charge in [-0.2, -0.15) is 0 Å².